The van der Waals surface area contributed by atoms with Crippen LogP contribution >= 0.6 is 0 Å². The van der Waals surface area contributed by atoms with Gasteiger partial charge in [-0.15, -0.1) is 0 Å². The Bertz CT molecular complexity index is 534. The first-order valence-electron chi connectivity index (χ1n) is 7.40. The molecule has 4 heteroatoms. The SMILES string of the molecule is CC1CCC(N(C)c2cc(F)cc(/C=C/C(=O)O)c2)CC1. The average molecular weight is 291 g/mol. The van der Waals surface area contributed by atoms with E-state index < -0.39 is 5.97 Å². The Kier molecular flexibility index (Phi) is 4.99. The zero-order valence-electron chi connectivity index (χ0n) is 12.6. The van der Waals surface area contributed by atoms with Crippen molar-refractivity contribution in [3.05, 3.63) is 35.7 Å². The Morgan fingerprint density at radius 2 is 1.95 bits per heavy atom. The van der Waals surface area contributed by atoms with Crippen LogP contribution in [0.2, 0.25) is 0 Å². The van der Waals surface area contributed by atoms with E-state index >= 15 is 0 Å². The zero-order valence-corrected chi connectivity index (χ0v) is 12.6. The van der Waals surface area contributed by atoms with E-state index in [1.54, 1.807) is 0 Å². The molecule has 0 heterocycles. The Balaban J connectivity index is 2.16. The smallest absolute Gasteiger partial charge is 0.328 e. The van der Waals surface area contributed by atoms with Gasteiger partial charge in [-0.1, -0.05) is 6.92 Å². The van der Waals surface area contributed by atoms with Gasteiger partial charge >= 0.3 is 5.97 Å². The maximum atomic E-state index is 13.7. The van der Waals surface area contributed by atoms with Crippen molar-refractivity contribution in [2.75, 3.05) is 11.9 Å². The lowest BCUT2D eigenvalue weighted by molar-refractivity contribution is -0.131. The highest BCUT2D eigenvalue weighted by Crippen LogP contribution is 2.30. The molecule has 3 nitrogen and oxygen atoms in total. The van der Waals surface area contributed by atoms with Gasteiger partial charge in [-0.2, -0.15) is 0 Å². The van der Waals surface area contributed by atoms with Crippen molar-refractivity contribution in [2.45, 2.75) is 38.6 Å². The van der Waals surface area contributed by atoms with Gasteiger partial charge in [-0.05, 0) is 61.4 Å². The quantitative estimate of drug-likeness (QED) is 0.854. The monoisotopic (exact) mass is 291 g/mol. The predicted molar refractivity (Wildman–Crippen MR) is 82.9 cm³/mol. The number of hydrogen-bond donors (Lipinski definition) is 1. The molecule has 21 heavy (non-hydrogen) atoms. The van der Waals surface area contributed by atoms with E-state index in [0.717, 1.165) is 30.5 Å². The van der Waals surface area contributed by atoms with Gasteiger partial charge < -0.3 is 10.0 Å². The maximum Gasteiger partial charge on any atom is 0.328 e. The van der Waals surface area contributed by atoms with Gasteiger partial charge in [-0.3, -0.25) is 0 Å². The van der Waals surface area contributed by atoms with Crippen LogP contribution < -0.4 is 4.90 Å². The molecule has 2 rings (SSSR count). The van der Waals surface area contributed by atoms with E-state index in [-0.39, 0.29) is 5.82 Å². The molecule has 0 aromatic heterocycles. The molecule has 1 aromatic rings. The molecule has 0 unspecified atom stereocenters. The number of hydrogen-bond acceptors (Lipinski definition) is 2. The normalized spacial score (nSPS) is 22.4. The summed E-state index contributed by atoms with van der Waals surface area (Å²) in [4.78, 5) is 12.7. The van der Waals surface area contributed by atoms with Crippen LogP contribution in [-0.4, -0.2) is 24.2 Å². The molecule has 1 aromatic carbocycles. The van der Waals surface area contributed by atoms with Gasteiger partial charge in [0.05, 0.1) is 0 Å². The summed E-state index contributed by atoms with van der Waals surface area (Å²) in [6.07, 6.45) is 7.10. The summed E-state index contributed by atoms with van der Waals surface area (Å²) in [6.45, 7) is 2.27. The van der Waals surface area contributed by atoms with Crippen LogP contribution in [0, 0.1) is 11.7 Å². The van der Waals surface area contributed by atoms with Crippen LogP contribution in [0.15, 0.2) is 24.3 Å². The first-order valence-corrected chi connectivity index (χ1v) is 7.40. The van der Waals surface area contributed by atoms with Crippen LogP contribution in [0.1, 0.15) is 38.2 Å². The summed E-state index contributed by atoms with van der Waals surface area (Å²) in [7, 11) is 1.99. The number of carbonyl (C=O) groups is 1. The molecule has 0 radical (unpaired) electrons. The topological polar surface area (TPSA) is 40.5 Å². The highest BCUT2D eigenvalue weighted by molar-refractivity contribution is 5.85. The molecule has 0 amide bonds. The van der Waals surface area contributed by atoms with Gasteiger partial charge in [0.2, 0.25) is 0 Å². The van der Waals surface area contributed by atoms with Crippen molar-refractivity contribution < 1.29 is 14.3 Å². The van der Waals surface area contributed by atoms with Crippen LogP contribution in [0.4, 0.5) is 10.1 Å². The molecular weight excluding hydrogens is 269 g/mol. The van der Waals surface area contributed by atoms with Crippen molar-refractivity contribution in [3.63, 3.8) is 0 Å². The lowest BCUT2D eigenvalue weighted by Crippen LogP contribution is -2.34. The van der Waals surface area contributed by atoms with E-state index in [0.29, 0.717) is 11.6 Å². The highest BCUT2D eigenvalue weighted by Gasteiger charge is 2.22. The van der Waals surface area contributed by atoms with Crippen molar-refractivity contribution in [2.24, 2.45) is 5.92 Å². The fourth-order valence-corrected chi connectivity index (χ4v) is 2.90. The largest absolute Gasteiger partial charge is 0.478 e. The summed E-state index contributed by atoms with van der Waals surface area (Å²) in [5.74, 6) is -0.597. The van der Waals surface area contributed by atoms with Crippen molar-refractivity contribution in [1.29, 1.82) is 0 Å². The third-order valence-electron chi connectivity index (χ3n) is 4.26. The minimum Gasteiger partial charge on any atom is -0.478 e. The number of carboxylic acid groups (broad SMARTS) is 1. The number of rotatable bonds is 4. The molecule has 0 spiro atoms. The summed E-state index contributed by atoms with van der Waals surface area (Å²) in [5, 5.41) is 8.66. The lowest BCUT2D eigenvalue weighted by atomic mass is 9.86. The van der Waals surface area contributed by atoms with Crippen LogP contribution in [-0.2, 0) is 4.79 Å². The minimum atomic E-state index is -1.03. The molecule has 1 aliphatic carbocycles. The fraction of sp³-hybridized carbons (Fsp3) is 0.471. The van der Waals surface area contributed by atoms with E-state index in [9.17, 15) is 9.18 Å². The molecule has 1 fully saturated rings. The molecule has 0 saturated heterocycles. The first-order chi connectivity index (χ1) is 9.95. The lowest BCUT2D eigenvalue weighted by Gasteiger charge is -2.35. The van der Waals surface area contributed by atoms with E-state index in [1.165, 1.54) is 31.1 Å². The van der Waals surface area contributed by atoms with Gasteiger partial charge in [0, 0.05) is 24.9 Å². The predicted octanol–water partition coefficient (Wildman–Crippen LogP) is 3.94. The first kappa shape index (κ1) is 15.5. The summed E-state index contributed by atoms with van der Waals surface area (Å²) in [6, 6.07) is 5.12. The molecule has 1 aliphatic rings. The van der Waals surface area contributed by atoms with Crippen molar-refractivity contribution >= 4 is 17.7 Å². The Hall–Kier alpha value is -1.84. The average Bonchev–Trinajstić information content (AvgIpc) is 2.44. The molecule has 114 valence electrons. The number of nitrogens with zero attached hydrogens (tertiary/aromatic N) is 1. The number of aliphatic carboxylic acids is 1. The third-order valence-corrected chi connectivity index (χ3v) is 4.26. The number of carboxylic acids is 1. The van der Waals surface area contributed by atoms with Crippen LogP contribution in [0.3, 0.4) is 0 Å². The Labute approximate surface area is 125 Å². The molecule has 1 saturated carbocycles. The van der Waals surface area contributed by atoms with Gasteiger partial charge in [0.1, 0.15) is 5.82 Å². The number of halogens is 1. The van der Waals surface area contributed by atoms with Gasteiger partial charge in [0.15, 0.2) is 0 Å². The second-order valence-electron chi connectivity index (χ2n) is 5.94. The van der Waals surface area contributed by atoms with E-state index in [1.807, 2.05) is 13.1 Å². The van der Waals surface area contributed by atoms with Gasteiger partial charge in [-0.25, -0.2) is 9.18 Å². The molecule has 1 N–H and O–H groups in total. The third kappa shape index (κ3) is 4.31. The zero-order chi connectivity index (χ0) is 15.4. The Morgan fingerprint density at radius 3 is 2.57 bits per heavy atom. The molecule has 0 bridgehead atoms. The van der Waals surface area contributed by atoms with E-state index in [4.69, 9.17) is 5.11 Å². The minimum absolute atomic E-state index is 0.339. The highest BCUT2D eigenvalue weighted by atomic mass is 19.1. The Morgan fingerprint density at radius 1 is 1.29 bits per heavy atom. The fourth-order valence-electron chi connectivity index (χ4n) is 2.90. The molecular formula is C17H22FNO2. The number of anilines is 1. The second kappa shape index (κ2) is 6.74. The van der Waals surface area contributed by atoms with Crippen LogP contribution in [0.25, 0.3) is 6.08 Å². The number of benzene rings is 1. The second-order valence-corrected chi connectivity index (χ2v) is 5.94. The van der Waals surface area contributed by atoms with Crippen LogP contribution in [0.5, 0.6) is 0 Å². The summed E-state index contributed by atoms with van der Waals surface area (Å²) < 4.78 is 13.7. The van der Waals surface area contributed by atoms with Crippen molar-refractivity contribution in [3.8, 4) is 0 Å². The summed E-state index contributed by atoms with van der Waals surface area (Å²) in [5.41, 5.74) is 1.38. The van der Waals surface area contributed by atoms with Crippen molar-refractivity contribution in [1.82, 2.24) is 0 Å². The maximum absolute atomic E-state index is 13.7. The standard InChI is InChI=1S/C17H22FNO2/c1-12-3-6-15(7-4-12)19(2)16-10-13(5-8-17(20)21)9-14(18)11-16/h5,8-12,15H,3-4,6-7H2,1-2H3,(H,20,21)/b8-5+. The van der Waals surface area contributed by atoms with E-state index in [2.05, 4.69) is 11.8 Å². The molecule has 0 atom stereocenters. The summed E-state index contributed by atoms with van der Waals surface area (Å²) >= 11 is 0. The molecule has 0 aliphatic heterocycles. The van der Waals surface area contributed by atoms with Gasteiger partial charge in [0.25, 0.3) is 0 Å².